The van der Waals surface area contributed by atoms with Gasteiger partial charge in [0.2, 0.25) is 5.91 Å². The maximum atomic E-state index is 14.0. The summed E-state index contributed by atoms with van der Waals surface area (Å²) in [5.74, 6) is 1.03. The number of rotatable bonds is 4. The summed E-state index contributed by atoms with van der Waals surface area (Å²) in [5.41, 5.74) is 5.23. The van der Waals surface area contributed by atoms with Crippen molar-refractivity contribution in [3.05, 3.63) is 107 Å². The number of nitrogens with zero attached hydrogens (tertiary/aromatic N) is 1. The second-order valence-electron chi connectivity index (χ2n) is 9.32. The van der Waals surface area contributed by atoms with Crippen LogP contribution in [0.1, 0.15) is 53.0 Å². The molecule has 32 heavy (non-hydrogen) atoms. The van der Waals surface area contributed by atoms with Crippen LogP contribution in [0.5, 0.6) is 0 Å². The number of piperidine rings is 1. The van der Waals surface area contributed by atoms with Crippen molar-refractivity contribution in [2.24, 2.45) is 5.92 Å². The highest BCUT2D eigenvalue weighted by atomic mass is 16.2. The third-order valence-electron chi connectivity index (χ3n) is 7.46. The monoisotopic (exact) mass is 424 g/mol. The standard InChI is InChI=1S/C29H32N2O/c1-21-10-8-9-15-25(21)26-19-30-20-27(26)29(32)31-17-16-24(22-11-4-2-5-12-22)18-28(31)23-13-6-3-7-14-23/h2-15,24,26-28,30H,16-20H2,1H3/t24-,26-,27+,28-/m0/s1. The molecule has 2 aliphatic heterocycles. The summed E-state index contributed by atoms with van der Waals surface area (Å²) in [5, 5.41) is 3.51. The van der Waals surface area contributed by atoms with Crippen molar-refractivity contribution in [1.82, 2.24) is 10.2 Å². The Morgan fingerprint density at radius 1 is 0.844 bits per heavy atom. The van der Waals surface area contributed by atoms with E-state index in [-0.39, 0.29) is 17.9 Å². The number of hydrogen-bond donors (Lipinski definition) is 1. The van der Waals surface area contributed by atoms with Crippen LogP contribution in [0, 0.1) is 12.8 Å². The van der Waals surface area contributed by atoms with E-state index in [1.165, 1.54) is 22.3 Å². The molecule has 0 saturated carbocycles. The summed E-state index contributed by atoms with van der Waals surface area (Å²) >= 11 is 0. The van der Waals surface area contributed by atoms with Crippen LogP contribution in [0.3, 0.4) is 0 Å². The fraction of sp³-hybridized carbons (Fsp3) is 0.345. The highest BCUT2D eigenvalue weighted by molar-refractivity contribution is 5.81. The fourth-order valence-corrected chi connectivity index (χ4v) is 5.73. The predicted molar refractivity (Wildman–Crippen MR) is 130 cm³/mol. The van der Waals surface area contributed by atoms with Gasteiger partial charge in [0.05, 0.1) is 12.0 Å². The highest BCUT2D eigenvalue weighted by Gasteiger charge is 2.41. The molecule has 0 bridgehead atoms. The first-order valence-corrected chi connectivity index (χ1v) is 11.9. The van der Waals surface area contributed by atoms with E-state index in [0.717, 1.165) is 32.5 Å². The molecule has 3 heteroatoms. The molecule has 2 fully saturated rings. The largest absolute Gasteiger partial charge is 0.335 e. The van der Waals surface area contributed by atoms with E-state index in [4.69, 9.17) is 0 Å². The molecule has 0 spiro atoms. The molecule has 5 rings (SSSR count). The van der Waals surface area contributed by atoms with Crippen molar-refractivity contribution in [3.63, 3.8) is 0 Å². The minimum Gasteiger partial charge on any atom is -0.335 e. The summed E-state index contributed by atoms with van der Waals surface area (Å²) in [6, 6.07) is 30.1. The summed E-state index contributed by atoms with van der Waals surface area (Å²) in [6.45, 7) is 4.61. The van der Waals surface area contributed by atoms with Gasteiger partial charge in [0, 0.05) is 25.6 Å². The number of carbonyl (C=O) groups excluding carboxylic acids is 1. The number of aryl methyl sites for hydroxylation is 1. The van der Waals surface area contributed by atoms with Gasteiger partial charge in [-0.3, -0.25) is 4.79 Å². The Hall–Kier alpha value is -2.91. The lowest BCUT2D eigenvalue weighted by atomic mass is 9.80. The molecule has 2 aliphatic rings. The Balaban J connectivity index is 1.43. The highest BCUT2D eigenvalue weighted by Crippen LogP contribution is 2.41. The molecule has 0 aromatic heterocycles. The van der Waals surface area contributed by atoms with Gasteiger partial charge in [-0.15, -0.1) is 0 Å². The van der Waals surface area contributed by atoms with Gasteiger partial charge < -0.3 is 10.2 Å². The first-order chi connectivity index (χ1) is 15.7. The van der Waals surface area contributed by atoms with Crippen LogP contribution in [0.15, 0.2) is 84.9 Å². The molecule has 1 N–H and O–H groups in total. The average Bonchev–Trinajstić information content (AvgIpc) is 3.34. The minimum absolute atomic E-state index is 0.00409. The zero-order chi connectivity index (χ0) is 21.9. The molecule has 0 unspecified atom stereocenters. The third kappa shape index (κ3) is 4.10. The Labute approximate surface area is 191 Å². The van der Waals surface area contributed by atoms with E-state index in [1.807, 2.05) is 0 Å². The van der Waals surface area contributed by atoms with Gasteiger partial charge in [-0.25, -0.2) is 0 Å². The molecule has 0 aliphatic carbocycles. The van der Waals surface area contributed by atoms with Gasteiger partial charge in [0.1, 0.15) is 0 Å². The fourth-order valence-electron chi connectivity index (χ4n) is 5.73. The van der Waals surface area contributed by atoms with Crippen LogP contribution in [-0.2, 0) is 4.79 Å². The van der Waals surface area contributed by atoms with Gasteiger partial charge in [-0.1, -0.05) is 84.9 Å². The van der Waals surface area contributed by atoms with Crippen LogP contribution in [-0.4, -0.2) is 30.4 Å². The SMILES string of the molecule is Cc1ccccc1[C@@H]1CNC[C@H]1C(=O)N1CC[C@H](c2ccccc2)C[C@H]1c1ccccc1. The van der Waals surface area contributed by atoms with Crippen LogP contribution in [0.25, 0.3) is 0 Å². The van der Waals surface area contributed by atoms with Gasteiger partial charge in [0.15, 0.2) is 0 Å². The second kappa shape index (κ2) is 9.30. The lowest BCUT2D eigenvalue weighted by molar-refractivity contribution is -0.139. The van der Waals surface area contributed by atoms with Gasteiger partial charge in [-0.2, -0.15) is 0 Å². The average molecular weight is 425 g/mol. The molecule has 1 amide bonds. The van der Waals surface area contributed by atoms with Crippen LogP contribution in [0.4, 0.5) is 0 Å². The number of nitrogens with one attached hydrogen (secondary N) is 1. The van der Waals surface area contributed by atoms with Crippen molar-refractivity contribution in [3.8, 4) is 0 Å². The Bertz CT molecular complexity index is 1050. The minimum atomic E-state index is -0.00409. The molecule has 3 aromatic rings. The van der Waals surface area contributed by atoms with E-state index < -0.39 is 0 Å². The lowest BCUT2D eigenvalue weighted by Gasteiger charge is -2.42. The Morgan fingerprint density at radius 3 is 2.22 bits per heavy atom. The quantitative estimate of drug-likeness (QED) is 0.604. The third-order valence-corrected chi connectivity index (χ3v) is 7.46. The number of likely N-dealkylation sites (tertiary alicyclic amines) is 1. The summed E-state index contributed by atoms with van der Waals surface area (Å²) in [7, 11) is 0. The number of carbonyl (C=O) groups is 1. The van der Waals surface area contributed by atoms with Gasteiger partial charge in [0.25, 0.3) is 0 Å². The molecule has 3 nitrogen and oxygen atoms in total. The van der Waals surface area contributed by atoms with E-state index in [9.17, 15) is 4.79 Å². The molecule has 0 radical (unpaired) electrons. The molecule has 4 atom stereocenters. The van der Waals surface area contributed by atoms with Crippen molar-refractivity contribution in [1.29, 1.82) is 0 Å². The number of hydrogen-bond acceptors (Lipinski definition) is 2. The second-order valence-corrected chi connectivity index (χ2v) is 9.32. The number of amides is 1. The van der Waals surface area contributed by atoms with Crippen LogP contribution < -0.4 is 5.32 Å². The number of benzene rings is 3. The predicted octanol–water partition coefficient (Wildman–Crippen LogP) is 5.45. The van der Waals surface area contributed by atoms with Gasteiger partial charge >= 0.3 is 0 Å². The molecule has 3 aromatic carbocycles. The zero-order valence-electron chi connectivity index (χ0n) is 18.8. The normalized spacial score (nSPS) is 25.6. The van der Waals surface area contributed by atoms with Crippen molar-refractivity contribution < 1.29 is 4.79 Å². The molecular weight excluding hydrogens is 392 g/mol. The first-order valence-electron chi connectivity index (χ1n) is 11.9. The van der Waals surface area contributed by atoms with E-state index in [0.29, 0.717) is 11.8 Å². The van der Waals surface area contributed by atoms with E-state index in [2.05, 4.69) is 102 Å². The van der Waals surface area contributed by atoms with Gasteiger partial charge in [-0.05, 0) is 47.9 Å². The topological polar surface area (TPSA) is 32.3 Å². The first kappa shape index (κ1) is 21.0. The summed E-state index contributed by atoms with van der Waals surface area (Å²) in [4.78, 5) is 16.2. The van der Waals surface area contributed by atoms with Crippen molar-refractivity contribution in [2.75, 3.05) is 19.6 Å². The zero-order valence-corrected chi connectivity index (χ0v) is 18.8. The van der Waals surface area contributed by atoms with E-state index >= 15 is 0 Å². The maximum Gasteiger partial charge on any atom is 0.228 e. The Morgan fingerprint density at radius 2 is 1.50 bits per heavy atom. The molecule has 2 saturated heterocycles. The lowest BCUT2D eigenvalue weighted by Crippen LogP contribution is -2.45. The van der Waals surface area contributed by atoms with Crippen molar-refractivity contribution in [2.45, 2.75) is 37.6 Å². The maximum absolute atomic E-state index is 14.0. The summed E-state index contributed by atoms with van der Waals surface area (Å²) in [6.07, 6.45) is 2.00. The summed E-state index contributed by atoms with van der Waals surface area (Å²) < 4.78 is 0. The molecule has 164 valence electrons. The van der Waals surface area contributed by atoms with Crippen LogP contribution >= 0.6 is 0 Å². The Kier molecular flexibility index (Phi) is 6.09. The molecule has 2 heterocycles. The van der Waals surface area contributed by atoms with Crippen LogP contribution in [0.2, 0.25) is 0 Å². The van der Waals surface area contributed by atoms with E-state index in [1.54, 1.807) is 0 Å². The smallest absolute Gasteiger partial charge is 0.228 e. The van der Waals surface area contributed by atoms with Crippen molar-refractivity contribution >= 4 is 5.91 Å². The molecular formula is C29H32N2O.